The number of hydrogen-bond donors (Lipinski definition) is 2. The second-order valence-corrected chi connectivity index (χ2v) is 7.55. The van der Waals surface area contributed by atoms with Crippen LogP contribution < -0.4 is 20.1 Å². The highest BCUT2D eigenvalue weighted by molar-refractivity contribution is 6.31. The van der Waals surface area contributed by atoms with Gasteiger partial charge in [-0.25, -0.2) is 14.4 Å². The standard InChI is InChI=1S/C25H20ClFN4O3/c1-33-17-7-3-15(4-8-17)5-10-24(32)31-22-12-18-21(13-23(22)34-2)28-14-29-25(18)30-16-6-9-20(27)19(26)11-16/h3-14H,1-2H3,(H,31,32)(H,28,29,30). The molecule has 0 atom stereocenters. The fraction of sp³-hybridized carbons (Fsp3) is 0.0800. The molecule has 0 radical (unpaired) electrons. The smallest absolute Gasteiger partial charge is 0.248 e. The minimum Gasteiger partial charge on any atom is -0.497 e. The molecule has 7 nitrogen and oxygen atoms in total. The molecule has 0 unspecified atom stereocenters. The highest BCUT2D eigenvalue weighted by Gasteiger charge is 2.13. The summed E-state index contributed by atoms with van der Waals surface area (Å²) in [6.45, 7) is 0. The molecule has 1 heterocycles. The number of nitrogens with zero attached hydrogens (tertiary/aromatic N) is 2. The summed E-state index contributed by atoms with van der Waals surface area (Å²) < 4.78 is 24.1. The van der Waals surface area contributed by atoms with Crippen LogP contribution >= 0.6 is 11.6 Å². The second-order valence-electron chi connectivity index (χ2n) is 7.14. The summed E-state index contributed by atoms with van der Waals surface area (Å²) >= 11 is 5.89. The Hall–Kier alpha value is -4.17. The van der Waals surface area contributed by atoms with E-state index in [1.54, 1.807) is 31.4 Å². The van der Waals surface area contributed by atoms with E-state index < -0.39 is 5.82 Å². The summed E-state index contributed by atoms with van der Waals surface area (Å²) in [5, 5.41) is 6.54. The Labute approximate surface area is 200 Å². The highest BCUT2D eigenvalue weighted by Crippen LogP contribution is 2.33. The lowest BCUT2D eigenvalue weighted by Crippen LogP contribution is -2.09. The van der Waals surface area contributed by atoms with Gasteiger partial charge in [-0.3, -0.25) is 4.79 Å². The van der Waals surface area contributed by atoms with E-state index in [2.05, 4.69) is 20.6 Å². The molecule has 0 saturated heterocycles. The first-order valence-electron chi connectivity index (χ1n) is 10.1. The van der Waals surface area contributed by atoms with E-state index >= 15 is 0 Å². The summed E-state index contributed by atoms with van der Waals surface area (Å²) in [4.78, 5) is 21.1. The minimum atomic E-state index is -0.516. The lowest BCUT2D eigenvalue weighted by atomic mass is 10.1. The normalized spacial score (nSPS) is 10.9. The molecular weight excluding hydrogens is 459 g/mol. The maximum atomic E-state index is 13.5. The number of hydrogen-bond acceptors (Lipinski definition) is 6. The second kappa shape index (κ2) is 10.2. The first-order chi connectivity index (χ1) is 16.5. The van der Waals surface area contributed by atoms with Gasteiger partial charge >= 0.3 is 0 Å². The summed E-state index contributed by atoms with van der Waals surface area (Å²) in [6, 6.07) is 15.0. The van der Waals surface area contributed by atoms with Crippen LogP contribution in [0.25, 0.3) is 17.0 Å². The molecule has 0 saturated carbocycles. The molecule has 0 aliphatic rings. The zero-order chi connectivity index (χ0) is 24.1. The average molecular weight is 479 g/mol. The van der Waals surface area contributed by atoms with Gasteiger partial charge in [0.2, 0.25) is 5.91 Å². The van der Waals surface area contributed by atoms with Crippen LogP contribution in [-0.2, 0) is 4.79 Å². The minimum absolute atomic E-state index is 0.0124. The molecule has 3 aromatic carbocycles. The van der Waals surface area contributed by atoms with Gasteiger partial charge in [0, 0.05) is 23.2 Å². The van der Waals surface area contributed by atoms with Crippen LogP contribution in [0.2, 0.25) is 5.02 Å². The molecule has 0 spiro atoms. The van der Waals surface area contributed by atoms with Crippen molar-refractivity contribution in [3.8, 4) is 11.5 Å². The Morgan fingerprint density at radius 3 is 2.53 bits per heavy atom. The topological polar surface area (TPSA) is 85.4 Å². The summed E-state index contributed by atoms with van der Waals surface area (Å²) in [5.41, 5.74) is 2.43. The molecule has 4 aromatic rings. The zero-order valence-corrected chi connectivity index (χ0v) is 19.1. The third-order valence-corrected chi connectivity index (χ3v) is 5.23. The first kappa shape index (κ1) is 23.0. The highest BCUT2D eigenvalue weighted by atomic mass is 35.5. The molecule has 34 heavy (non-hydrogen) atoms. The number of benzene rings is 3. The monoisotopic (exact) mass is 478 g/mol. The number of ether oxygens (including phenoxy) is 2. The fourth-order valence-electron chi connectivity index (χ4n) is 3.22. The van der Waals surface area contributed by atoms with Crippen molar-refractivity contribution >= 4 is 51.7 Å². The molecule has 172 valence electrons. The van der Waals surface area contributed by atoms with Crippen LogP contribution in [0.3, 0.4) is 0 Å². The van der Waals surface area contributed by atoms with E-state index in [4.69, 9.17) is 21.1 Å². The number of carbonyl (C=O) groups excluding carboxylic acids is 1. The summed E-state index contributed by atoms with van der Waals surface area (Å²) in [5.74, 6) is 0.771. The van der Waals surface area contributed by atoms with E-state index in [0.29, 0.717) is 33.8 Å². The van der Waals surface area contributed by atoms with Crippen molar-refractivity contribution in [2.24, 2.45) is 0 Å². The van der Waals surface area contributed by atoms with E-state index in [9.17, 15) is 9.18 Å². The molecule has 1 aromatic heterocycles. The van der Waals surface area contributed by atoms with Gasteiger partial charge in [0.25, 0.3) is 0 Å². The van der Waals surface area contributed by atoms with Crippen molar-refractivity contribution < 1.29 is 18.7 Å². The van der Waals surface area contributed by atoms with Crippen LogP contribution in [0.4, 0.5) is 21.6 Å². The number of anilines is 3. The average Bonchev–Trinajstić information content (AvgIpc) is 2.85. The Morgan fingerprint density at radius 1 is 1.03 bits per heavy atom. The Kier molecular flexibility index (Phi) is 6.89. The fourth-order valence-corrected chi connectivity index (χ4v) is 3.40. The van der Waals surface area contributed by atoms with Crippen LogP contribution in [0, 0.1) is 5.82 Å². The molecule has 9 heteroatoms. The maximum Gasteiger partial charge on any atom is 0.248 e. The van der Waals surface area contributed by atoms with Crippen molar-refractivity contribution in [2.75, 3.05) is 24.9 Å². The lowest BCUT2D eigenvalue weighted by molar-refractivity contribution is -0.111. The van der Waals surface area contributed by atoms with Gasteiger partial charge in [0.05, 0.1) is 30.4 Å². The largest absolute Gasteiger partial charge is 0.497 e. The van der Waals surface area contributed by atoms with Crippen LogP contribution in [0.15, 0.2) is 67.0 Å². The van der Waals surface area contributed by atoms with Gasteiger partial charge in [0.15, 0.2) is 0 Å². The van der Waals surface area contributed by atoms with Crippen LogP contribution in [0.5, 0.6) is 11.5 Å². The van der Waals surface area contributed by atoms with Gasteiger partial charge in [-0.2, -0.15) is 0 Å². The van der Waals surface area contributed by atoms with Gasteiger partial charge in [-0.15, -0.1) is 0 Å². The summed E-state index contributed by atoms with van der Waals surface area (Å²) in [6.07, 6.45) is 4.51. The molecular formula is C25H20ClFN4O3. The van der Waals surface area contributed by atoms with Crippen molar-refractivity contribution in [3.05, 3.63) is 83.4 Å². The third-order valence-electron chi connectivity index (χ3n) is 4.94. The number of carbonyl (C=O) groups is 1. The number of fused-ring (bicyclic) bond motifs is 1. The first-order valence-corrected chi connectivity index (χ1v) is 10.5. The molecule has 1 amide bonds. The van der Waals surface area contributed by atoms with Gasteiger partial charge < -0.3 is 20.1 Å². The Morgan fingerprint density at radius 2 is 1.82 bits per heavy atom. The predicted molar refractivity (Wildman–Crippen MR) is 131 cm³/mol. The SMILES string of the molecule is COc1ccc(C=CC(=O)Nc2cc3c(Nc4ccc(F)c(Cl)c4)ncnc3cc2OC)cc1. The van der Waals surface area contributed by atoms with Crippen molar-refractivity contribution in [3.63, 3.8) is 0 Å². The Bertz CT molecular complexity index is 1380. The van der Waals surface area contributed by atoms with Gasteiger partial charge in [-0.1, -0.05) is 23.7 Å². The van der Waals surface area contributed by atoms with E-state index in [1.807, 2.05) is 24.3 Å². The van der Waals surface area contributed by atoms with E-state index in [0.717, 1.165) is 11.3 Å². The van der Waals surface area contributed by atoms with Crippen LogP contribution in [-0.4, -0.2) is 30.1 Å². The van der Waals surface area contributed by atoms with Gasteiger partial charge in [-0.05, 0) is 48.0 Å². The number of nitrogens with one attached hydrogen (secondary N) is 2. The van der Waals surface area contributed by atoms with E-state index in [1.165, 1.54) is 31.6 Å². The number of amides is 1. The lowest BCUT2D eigenvalue weighted by Gasteiger charge is -2.13. The van der Waals surface area contributed by atoms with Gasteiger partial charge in [0.1, 0.15) is 29.5 Å². The molecule has 0 bridgehead atoms. The molecule has 2 N–H and O–H groups in total. The molecule has 0 fully saturated rings. The Balaban J connectivity index is 1.61. The van der Waals surface area contributed by atoms with Crippen molar-refractivity contribution in [1.29, 1.82) is 0 Å². The maximum absolute atomic E-state index is 13.5. The summed E-state index contributed by atoms with van der Waals surface area (Å²) in [7, 11) is 3.10. The van der Waals surface area contributed by atoms with Crippen molar-refractivity contribution in [1.82, 2.24) is 9.97 Å². The molecule has 4 rings (SSSR count). The third kappa shape index (κ3) is 5.24. The molecule has 0 aliphatic heterocycles. The molecule has 0 aliphatic carbocycles. The number of halogens is 2. The zero-order valence-electron chi connectivity index (χ0n) is 18.3. The number of aromatic nitrogens is 2. The number of methoxy groups -OCH3 is 2. The quantitative estimate of drug-likeness (QED) is 0.325. The number of rotatable bonds is 7. The predicted octanol–water partition coefficient (Wildman–Crippen LogP) is 5.84. The van der Waals surface area contributed by atoms with E-state index in [-0.39, 0.29) is 10.9 Å². The van der Waals surface area contributed by atoms with Crippen molar-refractivity contribution in [2.45, 2.75) is 0 Å². The van der Waals surface area contributed by atoms with Crippen LogP contribution in [0.1, 0.15) is 5.56 Å².